The molecule has 3 aromatic rings. The summed E-state index contributed by atoms with van der Waals surface area (Å²) in [7, 11) is 4.19. The van der Waals surface area contributed by atoms with E-state index >= 15 is 0 Å². The third-order valence-electron chi connectivity index (χ3n) is 9.01. The Kier molecular flexibility index (Phi) is 34.9. The molecule has 0 atom stereocenters. The van der Waals surface area contributed by atoms with E-state index in [2.05, 4.69) is 29.6 Å². The third kappa shape index (κ3) is 27.3. The number of rotatable bonds is 45. The summed E-state index contributed by atoms with van der Waals surface area (Å²) in [4.78, 5) is 13.9. The average molecular weight is 952 g/mol. The molecular formula is C48H74NO16P. The predicted octanol–water partition coefficient (Wildman–Crippen LogP) is 3.77. The van der Waals surface area contributed by atoms with Crippen molar-refractivity contribution >= 4 is 24.4 Å². The Hall–Kier alpha value is -3.52. The van der Waals surface area contributed by atoms with Crippen LogP contribution in [0, 0.1) is 0 Å². The Balaban J connectivity index is 1.66. The fourth-order valence-corrected chi connectivity index (χ4v) is 7.96. The maximum absolute atomic E-state index is 13.9. The highest BCUT2D eigenvalue weighted by molar-refractivity contribution is 7.73. The van der Waals surface area contributed by atoms with Crippen LogP contribution in [0.3, 0.4) is 0 Å². The second-order valence-corrected chi connectivity index (χ2v) is 16.3. The second-order valence-electron chi connectivity index (χ2n) is 13.9. The summed E-state index contributed by atoms with van der Waals surface area (Å²) in [5.41, 5.74) is 0.347. The molecule has 0 aliphatic carbocycles. The Bertz CT molecular complexity index is 1490. The van der Waals surface area contributed by atoms with Gasteiger partial charge < -0.3 is 76.4 Å². The molecule has 0 fully saturated rings. The minimum Gasteiger partial charge on any atom is -0.487 e. The molecule has 0 radical (unpaired) electrons. The van der Waals surface area contributed by atoms with Crippen LogP contribution in [0.15, 0.2) is 72.8 Å². The largest absolute Gasteiger partial charge is 0.487 e. The standard InChI is InChI=1S/C48H74NO16P/c1-51-15-18-54-21-24-57-27-30-60-33-36-63-45-40-42(48(50)49-14-39-66(43-10-6-4-7-11-43)44-12-8-5-9-13-44)41-46(64-37-34-61-31-28-58-25-22-55-19-16-52-2)47(45)65-38-35-62-32-29-59-26-23-56-20-17-53-3/h4-13,40-41H,14-39H2,1-3H3,(H,49,50). The number of carbonyl (C=O) groups is 1. The average Bonchev–Trinajstić information content (AvgIpc) is 3.34. The van der Waals surface area contributed by atoms with Crippen molar-refractivity contribution < 1.29 is 75.8 Å². The van der Waals surface area contributed by atoms with Gasteiger partial charge in [-0.2, -0.15) is 0 Å². The Morgan fingerprint density at radius 2 is 0.712 bits per heavy atom. The second kappa shape index (κ2) is 40.5. The normalized spacial score (nSPS) is 11.3. The van der Waals surface area contributed by atoms with Gasteiger partial charge in [-0.15, -0.1) is 0 Å². The van der Waals surface area contributed by atoms with E-state index < -0.39 is 7.92 Å². The Labute approximate surface area is 392 Å². The molecule has 0 aliphatic heterocycles. The van der Waals surface area contributed by atoms with E-state index in [1.54, 1.807) is 33.5 Å². The molecule has 1 amide bonds. The number of hydrogen-bond donors (Lipinski definition) is 1. The first-order chi connectivity index (χ1) is 32.7. The maximum Gasteiger partial charge on any atom is 0.251 e. The molecule has 3 aromatic carbocycles. The van der Waals surface area contributed by atoms with Gasteiger partial charge >= 0.3 is 0 Å². The lowest BCUT2D eigenvalue weighted by atomic mass is 10.1. The highest BCUT2D eigenvalue weighted by atomic mass is 31.1. The van der Waals surface area contributed by atoms with Gasteiger partial charge in [0.15, 0.2) is 11.5 Å². The lowest BCUT2D eigenvalue weighted by Crippen LogP contribution is -2.28. The summed E-state index contributed by atoms with van der Waals surface area (Å²) < 4.78 is 84.1. The van der Waals surface area contributed by atoms with Crippen LogP contribution in [0.5, 0.6) is 17.2 Å². The van der Waals surface area contributed by atoms with E-state index in [1.807, 2.05) is 36.4 Å². The van der Waals surface area contributed by atoms with Gasteiger partial charge in [-0.25, -0.2) is 0 Å². The van der Waals surface area contributed by atoms with Gasteiger partial charge in [0.05, 0.1) is 139 Å². The molecule has 0 unspecified atom stereocenters. The van der Waals surface area contributed by atoms with Gasteiger partial charge in [-0.3, -0.25) is 4.79 Å². The first kappa shape index (κ1) is 56.8. The van der Waals surface area contributed by atoms with Crippen LogP contribution in [-0.4, -0.2) is 199 Å². The van der Waals surface area contributed by atoms with Crippen molar-refractivity contribution in [1.82, 2.24) is 5.32 Å². The lowest BCUT2D eigenvalue weighted by molar-refractivity contribution is -0.00160. The topological polar surface area (TPSA) is 168 Å². The number of nitrogens with one attached hydrogen (secondary N) is 1. The summed E-state index contributed by atoms with van der Waals surface area (Å²) in [6.45, 7) is 10.00. The van der Waals surface area contributed by atoms with Crippen molar-refractivity contribution in [2.45, 2.75) is 0 Å². The zero-order valence-corrected chi connectivity index (χ0v) is 40.2. The van der Waals surface area contributed by atoms with Crippen molar-refractivity contribution in [3.63, 3.8) is 0 Å². The molecule has 0 heterocycles. The number of ether oxygens (including phenoxy) is 15. The molecule has 0 aliphatic rings. The summed E-state index contributed by atoms with van der Waals surface area (Å²) in [6, 6.07) is 24.1. The molecule has 0 bridgehead atoms. The molecule has 3 rings (SSSR count). The molecule has 0 saturated heterocycles. The maximum atomic E-state index is 13.9. The number of methoxy groups -OCH3 is 3. The zero-order valence-electron chi connectivity index (χ0n) is 39.3. The predicted molar refractivity (Wildman–Crippen MR) is 252 cm³/mol. The zero-order chi connectivity index (χ0) is 46.8. The number of hydrogen-bond acceptors (Lipinski definition) is 16. The smallest absolute Gasteiger partial charge is 0.251 e. The first-order valence-electron chi connectivity index (χ1n) is 22.6. The Morgan fingerprint density at radius 1 is 0.409 bits per heavy atom. The van der Waals surface area contributed by atoms with Crippen molar-refractivity contribution in [2.24, 2.45) is 0 Å². The highest BCUT2D eigenvalue weighted by Crippen LogP contribution is 2.39. The molecule has 66 heavy (non-hydrogen) atoms. The van der Waals surface area contributed by atoms with Crippen LogP contribution in [0.25, 0.3) is 0 Å². The molecule has 0 saturated carbocycles. The molecule has 1 N–H and O–H groups in total. The van der Waals surface area contributed by atoms with E-state index in [4.69, 9.17) is 71.1 Å². The summed E-state index contributed by atoms with van der Waals surface area (Å²) in [5, 5.41) is 5.61. The van der Waals surface area contributed by atoms with Crippen LogP contribution in [0.4, 0.5) is 0 Å². The van der Waals surface area contributed by atoms with Gasteiger partial charge in [-0.1, -0.05) is 60.7 Å². The van der Waals surface area contributed by atoms with E-state index in [9.17, 15) is 4.79 Å². The number of amides is 1. The monoisotopic (exact) mass is 951 g/mol. The summed E-state index contributed by atoms with van der Waals surface area (Å²) in [5.74, 6) is 0.685. The van der Waals surface area contributed by atoms with Crippen molar-refractivity contribution in [3.8, 4) is 17.2 Å². The molecule has 372 valence electrons. The van der Waals surface area contributed by atoms with Gasteiger partial charge in [0.2, 0.25) is 5.75 Å². The van der Waals surface area contributed by atoms with Crippen LogP contribution in [0.1, 0.15) is 10.4 Å². The van der Waals surface area contributed by atoms with Crippen LogP contribution in [0.2, 0.25) is 0 Å². The Morgan fingerprint density at radius 3 is 1.05 bits per heavy atom. The van der Waals surface area contributed by atoms with E-state index in [0.717, 1.165) is 6.16 Å². The van der Waals surface area contributed by atoms with E-state index in [0.29, 0.717) is 148 Å². The summed E-state index contributed by atoms with van der Waals surface area (Å²) >= 11 is 0. The van der Waals surface area contributed by atoms with Gasteiger partial charge in [-0.05, 0) is 36.8 Å². The molecule has 0 aromatic heterocycles. The minimum atomic E-state index is -0.708. The van der Waals surface area contributed by atoms with Gasteiger partial charge in [0.1, 0.15) is 19.8 Å². The minimum absolute atomic E-state index is 0.170. The van der Waals surface area contributed by atoms with Crippen LogP contribution < -0.4 is 30.1 Å². The lowest BCUT2D eigenvalue weighted by Gasteiger charge is -2.20. The SMILES string of the molecule is COCCOCCOCCOCCOc1cc(C(=O)NCCP(c2ccccc2)c2ccccc2)cc(OCCOCCOCCOCCOC)c1OCCOCCOCCOCCOC. The van der Waals surface area contributed by atoms with Crippen molar-refractivity contribution in [3.05, 3.63) is 78.4 Å². The van der Waals surface area contributed by atoms with Gasteiger partial charge in [0, 0.05) is 33.4 Å². The van der Waals surface area contributed by atoms with Crippen molar-refractivity contribution in [1.29, 1.82) is 0 Å². The van der Waals surface area contributed by atoms with E-state index in [1.165, 1.54) is 10.6 Å². The quantitative estimate of drug-likeness (QED) is 0.0642. The van der Waals surface area contributed by atoms with Crippen LogP contribution in [-0.2, 0) is 56.8 Å². The highest BCUT2D eigenvalue weighted by Gasteiger charge is 2.20. The molecule has 0 spiro atoms. The number of carbonyl (C=O) groups excluding carboxylic acids is 1. The molecule has 17 nitrogen and oxygen atoms in total. The van der Waals surface area contributed by atoms with Gasteiger partial charge in [0.25, 0.3) is 5.91 Å². The fourth-order valence-electron chi connectivity index (χ4n) is 5.75. The molecular weight excluding hydrogens is 877 g/mol. The summed E-state index contributed by atoms with van der Waals surface area (Å²) in [6.07, 6.45) is 0.750. The van der Waals surface area contributed by atoms with Crippen molar-refractivity contribution in [2.75, 3.05) is 193 Å². The number of benzene rings is 3. The van der Waals surface area contributed by atoms with Crippen LogP contribution >= 0.6 is 7.92 Å². The third-order valence-corrected chi connectivity index (χ3v) is 11.5. The molecule has 18 heteroatoms. The fraction of sp³-hybridized carbons (Fsp3) is 0.604. The van der Waals surface area contributed by atoms with E-state index in [-0.39, 0.29) is 45.5 Å². The first-order valence-corrected chi connectivity index (χ1v) is 24.1.